The predicted molar refractivity (Wildman–Crippen MR) is 114 cm³/mol. The number of nitrogens with one attached hydrogen (secondary N) is 3. The summed E-state index contributed by atoms with van der Waals surface area (Å²) in [6, 6.07) is -0.712. The molecule has 33 heavy (non-hydrogen) atoms. The Kier molecular flexibility index (Phi) is 5.48. The zero-order chi connectivity index (χ0) is 22.9. The standard InChI is InChI=1S/C21H24N8O4/c1-11-17(28-33-27-11)20(31)26-18(16(12-2-3-12)13-4-5-13)21(32)25-14-8-24-29(9-14)10-15-19(30)23-7-6-22-15/h6-9,12-13,16,18H,2-5,10H2,1H3,(H,23,30)(H,25,32)(H,26,31)/t18-/m0/s1. The van der Waals surface area contributed by atoms with Crippen LogP contribution >= 0.6 is 0 Å². The van der Waals surface area contributed by atoms with E-state index >= 15 is 0 Å². The number of aromatic nitrogens is 6. The van der Waals surface area contributed by atoms with Crippen molar-refractivity contribution in [3.63, 3.8) is 0 Å². The Bertz CT molecular complexity index is 1210. The van der Waals surface area contributed by atoms with Crippen LogP contribution in [0.2, 0.25) is 0 Å². The van der Waals surface area contributed by atoms with Crippen LogP contribution in [0.25, 0.3) is 0 Å². The van der Waals surface area contributed by atoms with Crippen LogP contribution in [0.15, 0.2) is 34.2 Å². The molecule has 2 aliphatic carbocycles. The van der Waals surface area contributed by atoms with E-state index in [0.29, 0.717) is 28.9 Å². The highest BCUT2D eigenvalue weighted by Crippen LogP contribution is 2.50. The van der Waals surface area contributed by atoms with Crippen molar-refractivity contribution in [2.75, 3.05) is 5.32 Å². The van der Waals surface area contributed by atoms with E-state index in [9.17, 15) is 14.4 Å². The summed E-state index contributed by atoms with van der Waals surface area (Å²) in [6.45, 7) is 1.79. The molecule has 3 aromatic heterocycles. The number of carbonyl (C=O) groups excluding carboxylic acids is 2. The van der Waals surface area contributed by atoms with Crippen LogP contribution in [-0.2, 0) is 11.3 Å². The number of H-pyrrole nitrogens is 1. The fourth-order valence-corrected chi connectivity index (χ4v) is 4.26. The maximum Gasteiger partial charge on any atom is 0.276 e. The van der Waals surface area contributed by atoms with Crippen molar-refractivity contribution in [2.24, 2.45) is 17.8 Å². The lowest BCUT2D eigenvalue weighted by Gasteiger charge is -2.27. The summed E-state index contributed by atoms with van der Waals surface area (Å²) in [7, 11) is 0. The van der Waals surface area contributed by atoms with E-state index in [4.69, 9.17) is 0 Å². The topological polar surface area (TPSA) is 161 Å². The van der Waals surface area contributed by atoms with Crippen LogP contribution in [-0.4, -0.2) is 47.9 Å². The highest BCUT2D eigenvalue weighted by Gasteiger charge is 2.48. The third kappa shape index (κ3) is 4.69. The minimum atomic E-state index is -0.712. The molecule has 172 valence electrons. The first-order valence-electron chi connectivity index (χ1n) is 11.0. The highest BCUT2D eigenvalue weighted by atomic mass is 16.6. The molecule has 2 aliphatic rings. The van der Waals surface area contributed by atoms with E-state index < -0.39 is 11.9 Å². The largest absolute Gasteiger partial charge is 0.338 e. The molecule has 3 heterocycles. The fourth-order valence-electron chi connectivity index (χ4n) is 4.26. The van der Waals surface area contributed by atoms with Gasteiger partial charge in [0.05, 0.1) is 18.4 Å². The number of anilines is 1. The molecule has 1 atom stereocenters. The number of hydrogen-bond acceptors (Lipinski definition) is 8. The number of rotatable bonds is 9. The number of amides is 2. The zero-order valence-corrected chi connectivity index (χ0v) is 18.0. The van der Waals surface area contributed by atoms with E-state index in [1.54, 1.807) is 13.1 Å². The molecule has 0 saturated heterocycles. The highest BCUT2D eigenvalue weighted by molar-refractivity contribution is 6.00. The average molecular weight is 452 g/mol. The van der Waals surface area contributed by atoms with E-state index in [0.717, 1.165) is 25.7 Å². The Morgan fingerprint density at radius 3 is 2.64 bits per heavy atom. The van der Waals surface area contributed by atoms with Gasteiger partial charge in [-0.25, -0.2) is 4.63 Å². The van der Waals surface area contributed by atoms with Crippen LogP contribution in [0, 0.1) is 24.7 Å². The fraction of sp³-hybridized carbons (Fsp3) is 0.476. The summed E-state index contributed by atoms with van der Waals surface area (Å²) in [5.74, 6) is 0.116. The van der Waals surface area contributed by atoms with Gasteiger partial charge in [0, 0.05) is 18.6 Å². The molecule has 5 rings (SSSR count). The second kappa shape index (κ2) is 8.60. The molecule has 0 bridgehead atoms. The van der Waals surface area contributed by atoms with Gasteiger partial charge in [-0.15, -0.1) is 0 Å². The maximum atomic E-state index is 13.3. The molecule has 0 unspecified atom stereocenters. The molecule has 2 amide bonds. The second-order valence-electron chi connectivity index (χ2n) is 8.68. The van der Waals surface area contributed by atoms with Crippen LogP contribution in [0.3, 0.4) is 0 Å². The van der Waals surface area contributed by atoms with Crippen molar-refractivity contribution >= 4 is 17.5 Å². The molecular formula is C21H24N8O4. The molecule has 2 saturated carbocycles. The van der Waals surface area contributed by atoms with Crippen LogP contribution in [0.4, 0.5) is 5.69 Å². The van der Waals surface area contributed by atoms with Gasteiger partial charge in [0.25, 0.3) is 11.5 Å². The molecule has 0 aromatic carbocycles. The normalized spacial score (nSPS) is 16.5. The molecule has 3 aromatic rings. The Morgan fingerprint density at radius 2 is 2.00 bits per heavy atom. The SMILES string of the molecule is Cc1nonc1C(=O)N[C@H](C(=O)Nc1cnn(Cc2ncc[nH]c2=O)c1)C(C1CC1)C1CC1. The minimum absolute atomic E-state index is 0.0660. The molecule has 0 aliphatic heterocycles. The van der Waals surface area contributed by atoms with Crippen LogP contribution < -0.4 is 16.2 Å². The smallest absolute Gasteiger partial charge is 0.276 e. The Morgan fingerprint density at radius 1 is 1.24 bits per heavy atom. The Balaban J connectivity index is 1.32. The summed E-state index contributed by atoms with van der Waals surface area (Å²) in [5, 5.41) is 17.3. The van der Waals surface area contributed by atoms with E-state index in [1.807, 2.05) is 0 Å². The Labute approximate surface area is 188 Å². The van der Waals surface area contributed by atoms with Crippen molar-refractivity contribution in [1.82, 2.24) is 35.4 Å². The molecule has 0 radical (unpaired) electrons. The number of hydrogen-bond donors (Lipinski definition) is 3. The van der Waals surface area contributed by atoms with Crippen molar-refractivity contribution < 1.29 is 14.2 Å². The summed E-state index contributed by atoms with van der Waals surface area (Å²) >= 11 is 0. The molecule has 0 spiro atoms. The first kappa shape index (κ1) is 21.0. The maximum absolute atomic E-state index is 13.3. The molecular weight excluding hydrogens is 428 g/mol. The van der Waals surface area contributed by atoms with Gasteiger partial charge < -0.3 is 15.6 Å². The zero-order valence-electron chi connectivity index (χ0n) is 18.0. The molecule has 2 fully saturated rings. The summed E-state index contributed by atoms with van der Waals surface area (Å²) in [4.78, 5) is 44.6. The van der Waals surface area contributed by atoms with Gasteiger partial charge in [-0.3, -0.25) is 24.0 Å². The summed E-state index contributed by atoms with van der Waals surface area (Å²) < 4.78 is 6.16. The van der Waals surface area contributed by atoms with Crippen LogP contribution in [0.1, 0.15) is 47.6 Å². The van der Waals surface area contributed by atoms with Gasteiger partial charge >= 0.3 is 0 Å². The van der Waals surface area contributed by atoms with Gasteiger partial charge in [0.2, 0.25) is 5.91 Å². The first-order valence-corrected chi connectivity index (χ1v) is 11.0. The predicted octanol–water partition coefficient (Wildman–Crippen LogP) is 0.879. The van der Waals surface area contributed by atoms with Crippen molar-refractivity contribution in [1.29, 1.82) is 0 Å². The third-order valence-electron chi connectivity index (χ3n) is 6.15. The lowest BCUT2D eigenvalue weighted by molar-refractivity contribution is -0.119. The third-order valence-corrected chi connectivity index (χ3v) is 6.15. The minimum Gasteiger partial charge on any atom is -0.338 e. The lowest BCUT2D eigenvalue weighted by atomic mass is 9.88. The number of aryl methyl sites for hydroxylation is 1. The summed E-state index contributed by atoms with van der Waals surface area (Å²) in [5.41, 5.74) is 0.924. The average Bonchev–Trinajstić information content (AvgIpc) is 3.72. The van der Waals surface area contributed by atoms with Gasteiger partial charge in [-0.1, -0.05) is 5.16 Å². The van der Waals surface area contributed by atoms with Crippen molar-refractivity contribution in [3.8, 4) is 0 Å². The van der Waals surface area contributed by atoms with Gasteiger partial charge in [-0.2, -0.15) is 5.10 Å². The van der Waals surface area contributed by atoms with Gasteiger partial charge in [0.15, 0.2) is 5.69 Å². The lowest BCUT2D eigenvalue weighted by Crippen LogP contribution is -2.50. The number of carbonyl (C=O) groups is 2. The number of aromatic amines is 1. The van der Waals surface area contributed by atoms with Crippen molar-refractivity contribution in [3.05, 3.63) is 52.2 Å². The molecule has 12 heteroatoms. The first-order chi connectivity index (χ1) is 16.0. The quantitative estimate of drug-likeness (QED) is 0.431. The van der Waals surface area contributed by atoms with E-state index in [2.05, 4.69) is 40.6 Å². The van der Waals surface area contributed by atoms with Gasteiger partial charge in [0.1, 0.15) is 17.4 Å². The van der Waals surface area contributed by atoms with Crippen molar-refractivity contribution in [2.45, 2.75) is 45.2 Å². The van der Waals surface area contributed by atoms with E-state index in [1.165, 1.54) is 23.3 Å². The van der Waals surface area contributed by atoms with Gasteiger partial charge in [-0.05, 0) is 55.5 Å². The van der Waals surface area contributed by atoms with Crippen LogP contribution in [0.5, 0.6) is 0 Å². The van der Waals surface area contributed by atoms with E-state index in [-0.39, 0.29) is 29.6 Å². The molecule has 3 N–H and O–H groups in total. The second-order valence-corrected chi connectivity index (χ2v) is 8.68. The number of nitrogens with zero attached hydrogens (tertiary/aromatic N) is 5. The Hall–Kier alpha value is -3.83. The molecule has 12 nitrogen and oxygen atoms in total. The summed E-state index contributed by atoms with van der Waals surface area (Å²) in [6.07, 6.45) is 10.3. The monoisotopic (exact) mass is 452 g/mol.